The second-order valence-electron chi connectivity index (χ2n) is 4.79. The number of hydrogen-bond acceptors (Lipinski definition) is 2. The summed E-state index contributed by atoms with van der Waals surface area (Å²) in [6, 6.07) is 8.65. The third-order valence-electron chi connectivity index (χ3n) is 2.61. The Morgan fingerprint density at radius 3 is 2.76 bits per heavy atom. The molecule has 1 aromatic carbocycles. The van der Waals surface area contributed by atoms with Crippen molar-refractivity contribution < 1.29 is 4.74 Å². The molecule has 0 aliphatic heterocycles. The minimum absolute atomic E-state index is 0.357. The van der Waals surface area contributed by atoms with Gasteiger partial charge in [0.15, 0.2) is 0 Å². The van der Waals surface area contributed by atoms with Crippen molar-refractivity contribution in [3.05, 3.63) is 35.4 Å². The Bertz CT molecular complexity index is 310. The zero-order chi connectivity index (χ0) is 12.5. The lowest BCUT2D eigenvalue weighted by Crippen LogP contribution is -2.15. The first-order chi connectivity index (χ1) is 8.18. The molecule has 0 fully saturated rings. The summed E-state index contributed by atoms with van der Waals surface area (Å²) in [5, 5.41) is 3.46. The van der Waals surface area contributed by atoms with E-state index < -0.39 is 0 Å². The Kier molecular flexibility index (Phi) is 6.90. The topological polar surface area (TPSA) is 21.3 Å². The first kappa shape index (κ1) is 14.2. The van der Waals surface area contributed by atoms with E-state index in [2.05, 4.69) is 50.4 Å². The highest BCUT2D eigenvalue weighted by atomic mass is 16.5. The molecular weight excluding hydrogens is 210 g/mol. The van der Waals surface area contributed by atoms with E-state index in [1.165, 1.54) is 17.5 Å². The highest BCUT2D eigenvalue weighted by molar-refractivity contribution is 5.21. The van der Waals surface area contributed by atoms with Crippen LogP contribution in [0.4, 0.5) is 0 Å². The summed E-state index contributed by atoms with van der Waals surface area (Å²) in [6.45, 7) is 9.20. The lowest BCUT2D eigenvalue weighted by molar-refractivity contribution is 0.0760. The van der Waals surface area contributed by atoms with Crippen LogP contribution in [0.25, 0.3) is 0 Å². The molecule has 0 aromatic heterocycles. The van der Waals surface area contributed by atoms with Gasteiger partial charge in [0.25, 0.3) is 0 Å². The Labute approximate surface area is 105 Å². The van der Waals surface area contributed by atoms with Crippen LogP contribution in [0, 0.1) is 6.92 Å². The molecular formula is C15H25NO. The van der Waals surface area contributed by atoms with Crippen LogP contribution in [-0.2, 0) is 11.3 Å². The zero-order valence-electron chi connectivity index (χ0n) is 11.3. The van der Waals surface area contributed by atoms with Crippen molar-refractivity contribution >= 4 is 0 Å². The van der Waals surface area contributed by atoms with Crippen LogP contribution in [0.2, 0.25) is 0 Å². The maximum Gasteiger partial charge on any atom is 0.0518 e. The molecule has 0 atom stereocenters. The molecule has 0 saturated heterocycles. The molecule has 17 heavy (non-hydrogen) atoms. The Morgan fingerprint density at radius 2 is 2.06 bits per heavy atom. The van der Waals surface area contributed by atoms with Crippen molar-refractivity contribution in [1.29, 1.82) is 0 Å². The third-order valence-corrected chi connectivity index (χ3v) is 2.61. The standard InChI is InChI=1S/C15H25NO/c1-13(2)17-10-5-4-9-16-12-15-8-6-7-14(3)11-15/h6-8,11,13,16H,4-5,9-10,12H2,1-3H3. The van der Waals surface area contributed by atoms with Gasteiger partial charge in [-0.1, -0.05) is 29.8 Å². The SMILES string of the molecule is Cc1cccc(CNCCCCOC(C)C)c1. The van der Waals surface area contributed by atoms with Gasteiger partial charge in [0, 0.05) is 13.2 Å². The van der Waals surface area contributed by atoms with Crippen molar-refractivity contribution in [3.8, 4) is 0 Å². The van der Waals surface area contributed by atoms with E-state index in [1.54, 1.807) is 0 Å². The zero-order valence-corrected chi connectivity index (χ0v) is 11.3. The van der Waals surface area contributed by atoms with Crippen LogP contribution in [0.5, 0.6) is 0 Å². The molecule has 2 nitrogen and oxygen atoms in total. The Morgan fingerprint density at radius 1 is 1.24 bits per heavy atom. The summed E-state index contributed by atoms with van der Waals surface area (Å²) < 4.78 is 5.49. The van der Waals surface area contributed by atoms with Gasteiger partial charge >= 0.3 is 0 Å². The Balaban J connectivity index is 2.01. The maximum absolute atomic E-state index is 5.49. The van der Waals surface area contributed by atoms with E-state index in [9.17, 15) is 0 Å². The largest absolute Gasteiger partial charge is 0.379 e. The molecule has 0 unspecified atom stereocenters. The van der Waals surface area contributed by atoms with Crippen LogP contribution in [-0.4, -0.2) is 19.3 Å². The second kappa shape index (κ2) is 8.26. The molecule has 0 aliphatic rings. The van der Waals surface area contributed by atoms with Gasteiger partial charge < -0.3 is 10.1 Å². The molecule has 0 radical (unpaired) electrons. The first-order valence-electron chi connectivity index (χ1n) is 6.56. The highest BCUT2D eigenvalue weighted by Gasteiger charge is 1.95. The summed E-state index contributed by atoms with van der Waals surface area (Å²) >= 11 is 0. The van der Waals surface area contributed by atoms with E-state index in [4.69, 9.17) is 4.74 Å². The van der Waals surface area contributed by atoms with Crippen molar-refractivity contribution in [2.24, 2.45) is 0 Å². The van der Waals surface area contributed by atoms with Gasteiger partial charge in [-0.25, -0.2) is 0 Å². The number of nitrogens with one attached hydrogen (secondary N) is 1. The predicted molar refractivity (Wildman–Crippen MR) is 73.2 cm³/mol. The fourth-order valence-electron chi connectivity index (χ4n) is 1.73. The fourth-order valence-corrected chi connectivity index (χ4v) is 1.73. The average molecular weight is 235 g/mol. The molecule has 0 saturated carbocycles. The van der Waals surface area contributed by atoms with E-state index in [1.807, 2.05) is 0 Å². The predicted octanol–water partition coefficient (Wildman–Crippen LogP) is 3.29. The summed E-state index contributed by atoms with van der Waals surface area (Å²) in [6.07, 6.45) is 2.67. The van der Waals surface area contributed by atoms with Gasteiger partial charge in [-0.05, 0) is 45.7 Å². The van der Waals surface area contributed by atoms with Crippen LogP contribution in [0.15, 0.2) is 24.3 Å². The number of ether oxygens (including phenoxy) is 1. The van der Waals surface area contributed by atoms with E-state index >= 15 is 0 Å². The molecule has 0 bridgehead atoms. The van der Waals surface area contributed by atoms with Crippen molar-refractivity contribution in [3.63, 3.8) is 0 Å². The molecule has 1 aromatic rings. The maximum atomic E-state index is 5.49. The monoisotopic (exact) mass is 235 g/mol. The van der Waals surface area contributed by atoms with Gasteiger partial charge in [-0.15, -0.1) is 0 Å². The summed E-state index contributed by atoms with van der Waals surface area (Å²) in [7, 11) is 0. The number of benzene rings is 1. The van der Waals surface area contributed by atoms with Gasteiger partial charge in [-0.3, -0.25) is 0 Å². The number of aryl methyl sites for hydroxylation is 1. The second-order valence-corrected chi connectivity index (χ2v) is 4.79. The minimum Gasteiger partial charge on any atom is -0.379 e. The van der Waals surface area contributed by atoms with Gasteiger partial charge in [-0.2, -0.15) is 0 Å². The smallest absolute Gasteiger partial charge is 0.0518 e. The van der Waals surface area contributed by atoms with Crippen LogP contribution in [0.1, 0.15) is 37.8 Å². The molecule has 0 heterocycles. The minimum atomic E-state index is 0.357. The fraction of sp³-hybridized carbons (Fsp3) is 0.600. The van der Waals surface area contributed by atoms with Crippen LogP contribution in [0.3, 0.4) is 0 Å². The molecule has 0 aliphatic carbocycles. The average Bonchev–Trinajstić information content (AvgIpc) is 2.27. The van der Waals surface area contributed by atoms with E-state index in [-0.39, 0.29) is 0 Å². The van der Waals surface area contributed by atoms with Gasteiger partial charge in [0.1, 0.15) is 0 Å². The van der Waals surface area contributed by atoms with Crippen molar-refractivity contribution in [2.75, 3.05) is 13.2 Å². The normalized spacial score (nSPS) is 11.1. The molecule has 1 N–H and O–H groups in total. The van der Waals surface area contributed by atoms with Crippen LogP contribution >= 0.6 is 0 Å². The quantitative estimate of drug-likeness (QED) is 0.698. The van der Waals surface area contributed by atoms with Crippen molar-refractivity contribution in [1.82, 2.24) is 5.32 Å². The van der Waals surface area contributed by atoms with Gasteiger partial charge in [0.05, 0.1) is 6.10 Å². The number of rotatable bonds is 8. The number of hydrogen-bond donors (Lipinski definition) is 1. The molecule has 96 valence electrons. The summed E-state index contributed by atoms with van der Waals surface area (Å²) in [5.41, 5.74) is 2.69. The molecule has 2 heteroatoms. The van der Waals surface area contributed by atoms with Gasteiger partial charge in [0.2, 0.25) is 0 Å². The first-order valence-corrected chi connectivity index (χ1v) is 6.56. The summed E-state index contributed by atoms with van der Waals surface area (Å²) in [5.74, 6) is 0. The lowest BCUT2D eigenvalue weighted by Gasteiger charge is -2.08. The highest BCUT2D eigenvalue weighted by Crippen LogP contribution is 2.03. The van der Waals surface area contributed by atoms with E-state index in [0.29, 0.717) is 6.10 Å². The van der Waals surface area contributed by atoms with Crippen LogP contribution < -0.4 is 5.32 Å². The molecule has 0 amide bonds. The molecule has 0 spiro atoms. The van der Waals surface area contributed by atoms with E-state index in [0.717, 1.165) is 26.1 Å². The van der Waals surface area contributed by atoms with Crippen molar-refractivity contribution in [2.45, 2.75) is 46.3 Å². The summed E-state index contributed by atoms with van der Waals surface area (Å²) in [4.78, 5) is 0. The third kappa shape index (κ3) is 7.14. The molecule has 1 rings (SSSR count). The Hall–Kier alpha value is -0.860. The number of unbranched alkanes of at least 4 members (excludes halogenated alkanes) is 1. The lowest BCUT2D eigenvalue weighted by atomic mass is 10.1.